The third kappa shape index (κ3) is 2.68. The molecule has 1 aromatic carbocycles. The lowest BCUT2D eigenvalue weighted by atomic mass is 9.95. The van der Waals surface area contributed by atoms with Gasteiger partial charge in [0.2, 0.25) is 0 Å². The predicted octanol–water partition coefficient (Wildman–Crippen LogP) is 3.18. The van der Waals surface area contributed by atoms with Crippen molar-refractivity contribution >= 4 is 21.6 Å². The van der Waals surface area contributed by atoms with Gasteiger partial charge in [0.05, 0.1) is 17.4 Å². The van der Waals surface area contributed by atoms with Crippen molar-refractivity contribution in [3.05, 3.63) is 28.2 Å². The molecular formula is C14H17BrN2O. The Morgan fingerprint density at radius 1 is 1.50 bits per heavy atom. The minimum atomic E-state index is 0.244. The van der Waals surface area contributed by atoms with Gasteiger partial charge in [0.15, 0.2) is 0 Å². The predicted molar refractivity (Wildman–Crippen MR) is 75.6 cm³/mol. The summed E-state index contributed by atoms with van der Waals surface area (Å²) in [5.74, 6) is 0.576. The van der Waals surface area contributed by atoms with Gasteiger partial charge in [-0.1, -0.05) is 22.9 Å². The molecule has 0 spiro atoms. The maximum atomic E-state index is 9.22. The molecule has 2 rings (SSSR count). The molecule has 3 nitrogen and oxygen atoms in total. The first-order chi connectivity index (χ1) is 8.65. The molecule has 1 heterocycles. The van der Waals surface area contributed by atoms with Crippen LogP contribution in [0.25, 0.3) is 0 Å². The van der Waals surface area contributed by atoms with Crippen molar-refractivity contribution in [1.82, 2.24) is 0 Å². The van der Waals surface area contributed by atoms with E-state index >= 15 is 0 Å². The molecule has 0 aromatic heterocycles. The summed E-state index contributed by atoms with van der Waals surface area (Å²) in [5, 5.41) is 9.22. The third-order valence-corrected chi connectivity index (χ3v) is 4.11. The Hall–Kier alpha value is -1.05. The van der Waals surface area contributed by atoms with E-state index in [2.05, 4.69) is 33.8 Å². The van der Waals surface area contributed by atoms with E-state index < -0.39 is 0 Å². The lowest BCUT2D eigenvalue weighted by Crippen LogP contribution is -2.44. The topological polar surface area (TPSA) is 36.3 Å². The van der Waals surface area contributed by atoms with E-state index in [0.717, 1.165) is 29.7 Å². The molecule has 0 bridgehead atoms. The molecule has 18 heavy (non-hydrogen) atoms. The lowest BCUT2D eigenvalue weighted by Gasteiger charge is -2.38. The van der Waals surface area contributed by atoms with Crippen LogP contribution in [0.4, 0.5) is 5.69 Å². The van der Waals surface area contributed by atoms with Gasteiger partial charge in [-0.3, -0.25) is 0 Å². The summed E-state index contributed by atoms with van der Waals surface area (Å²) in [6.07, 6.45) is 1.34. The van der Waals surface area contributed by atoms with Crippen LogP contribution >= 0.6 is 15.9 Å². The van der Waals surface area contributed by atoms with Crippen molar-refractivity contribution in [3.8, 4) is 6.07 Å². The molecular weight excluding hydrogens is 292 g/mol. The number of nitrogens with zero attached hydrogens (tertiary/aromatic N) is 2. The van der Waals surface area contributed by atoms with E-state index in [1.165, 1.54) is 0 Å². The number of ether oxygens (including phenoxy) is 1. The first kappa shape index (κ1) is 13.4. The molecule has 0 N–H and O–H groups in total. The summed E-state index contributed by atoms with van der Waals surface area (Å²) in [4.78, 5) is 2.25. The first-order valence-electron chi connectivity index (χ1n) is 6.13. The van der Waals surface area contributed by atoms with Crippen LogP contribution in [-0.4, -0.2) is 26.3 Å². The van der Waals surface area contributed by atoms with Crippen LogP contribution in [0.1, 0.15) is 18.9 Å². The van der Waals surface area contributed by atoms with Gasteiger partial charge in [0.1, 0.15) is 6.07 Å². The molecule has 2 atom stereocenters. The van der Waals surface area contributed by atoms with Crippen molar-refractivity contribution in [2.45, 2.75) is 19.4 Å². The van der Waals surface area contributed by atoms with Gasteiger partial charge < -0.3 is 9.64 Å². The van der Waals surface area contributed by atoms with E-state index in [-0.39, 0.29) is 6.10 Å². The van der Waals surface area contributed by atoms with Gasteiger partial charge in [-0.2, -0.15) is 5.26 Å². The molecule has 1 aliphatic rings. The molecule has 0 radical (unpaired) electrons. The Kier molecular flexibility index (Phi) is 4.26. The van der Waals surface area contributed by atoms with E-state index in [9.17, 15) is 5.26 Å². The zero-order valence-corrected chi connectivity index (χ0v) is 12.3. The summed E-state index contributed by atoms with van der Waals surface area (Å²) in [6, 6.07) is 8.12. The summed E-state index contributed by atoms with van der Waals surface area (Å²) in [7, 11) is 1.76. The average Bonchev–Trinajstić information content (AvgIpc) is 2.39. The van der Waals surface area contributed by atoms with Crippen molar-refractivity contribution in [1.29, 1.82) is 5.26 Å². The summed E-state index contributed by atoms with van der Waals surface area (Å²) in [5.41, 5.74) is 1.73. The van der Waals surface area contributed by atoms with Crippen LogP contribution in [-0.2, 0) is 4.74 Å². The number of methoxy groups -OCH3 is 1. The maximum Gasteiger partial charge on any atom is 0.101 e. The molecule has 96 valence electrons. The van der Waals surface area contributed by atoms with Gasteiger partial charge in [0.25, 0.3) is 0 Å². The number of anilines is 1. The lowest BCUT2D eigenvalue weighted by molar-refractivity contribution is 0.0498. The highest BCUT2D eigenvalue weighted by Gasteiger charge is 2.27. The molecule has 2 unspecified atom stereocenters. The molecule has 4 heteroatoms. The Morgan fingerprint density at radius 3 is 2.94 bits per heavy atom. The second-order valence-corrected chi connectivity index (χ2v) is 5.68. The van der Waals surface area contributed by atoms with Gasteiger partial charge in [-0.25, -0.2) is 0 Å². The number of benzene rings is 1. The quantitative estimate of drug-likeness (QED) is 0.842. The van der Waals surface area contributed by atoms with Gasteiger partial charge in [-0.05, 0) is 30.5 Å². The highest BCUT2D eigenvalue weighted by atomic mass is 79.9. The zero-order valence-electron chi connectivity index (χ0n) is 10.7. The van der Waals surface area contributed by atoms with Crippen molar-refractivity contribution < 1.29 is 4.74 Å². The number of nitriles is 1. The maximum absolute atomic E-state index is 9.22. The number of hydrogen-bond acceptors (Lipinski definition) is 3. The Bertz CT molecular complexity index is 469. The van der Waals surface area contributed by atoms with E-state index in [1.807, 2.05) is 18.2 Å². The molecule has 1 fully saturated rings. The summed E-state index contributed by atoms with van der Waals surface area (Å²) in [6.45, 7) is 4.06. The van der Waals surface area contributed by atoms with Gasteiger partial charge >= 0.3 is 0 Å². The molecule has 0 saturated carbocycles. The van der Waals surface area contributed by atoms with Crippen molar-refractivity contribution in [2.75, 3.05) is 25.1 Å². The number of halogens is 1. The van der Waals surface area contributed by atoms with Crippen molar-refractivity contribution in [3.63, 3.8) is 0 Å². The number of hydrogen-bond donors (Lipinski definition) is 0. The second-order valence-electron chi connectivity index (χ2n) is 4.76. The fraction of sp³-hybridized carbons (Fsp3) is 0.500. The summed E-state index contributed by atoms with van der Waals surface area (Å²) < 4.78 is 6.46. The van der Waals surface area contributed by atoms with Crippen LogP contribution in [0.2, 0.25) is 0 Å². The van der Waals surface area contributed by atoms with E-state index in [1.54, 1.807) is 7.11 Å². The molecule has 1 aromatic rings. The first-order valence-corrected chi connectivity index (χ1v) is 6.92. The Morgan fingerprint density at radius 2 is 2.28 bits per heavy atom. The highest BCUT2D eigenvalue weighted by molar-refractivity contribution is 9.10. The van der Waals surface area contributed by atoms with Crippen LogP contribution < -0.4 is 4.90 Å². The van der Waals surface area contributed by atoms with Crippen LogP contribution in [0.15, 0.2) is 22.7 Å². The van der Waals surface area contributed by atoms with Crippen LogP contribution in [0, 0.1) is 17.2 Å². The van der Waals surface area contributed by atoms with E-state index in [0.29, 0.717) is 11.5 Å². The van der Waals surface area contributed by atoms with Crippen LogP contribution in [0.5, 0.6) is 0 Å². The zero-order chi connectivity index (χ0) is 13.1. The van der Waals surface area contributed by atoms with Crippen LogP contribution in [0.3, 0.4) is 0 Å². The van der Waals surface area contributed by atoms with Crippen molar-refractivity contribution in [2.24, 2.45) is 5.92 Å². The third-order valence-electron chi connectivity index (χ3n) is 3.61. The fourth-order valence-electron chi connectivity index (χ4n) is 2.43. The average molecular weight is 309 g/mol. The highest BCUT2D eigenvalue weighted by Crippen LogP contribution is 2.29. The van der Waals surface area contributed by atoms with E-state index in [4.69, 9.17) is 4.74 Å². The monoisotopic (exact) mass is 308 g/mol. The molecule has 1 saturated heterocycles. The standard InChI is InChI=1S/C14H17BrN2O/c1-10-5-6-17(9-14(10)18-2)13-4-3-12(15)7-11(13)8-16/h3-4,7,10,14H,5-6,9H2,1-2H3. The fourth-order valence-corrected chi connectivity index (χ4v) is 2.79. The minimum absolute atomic E-state index is 0.244. The molecule has 0 aliphatic carbocycles. The SMILES string of the molecule is COC1CN(c2ccc(Br)cc2C#N)CCC1C. The summed E-state index contributed by atoms with van der Waals surface area (Å²) >= 11 is 3.40. The Labute approximate surface area is 116 Å². The largest absolute Gasteiger partial charge is 0.379 e. The minimum Gasteiger partial charge on any atom is -0.379 e. The molecule has 1 aliphatic heterocycles. The van der Waals surface area contributed by atoms with Gasteiger partial charge in [0, 0.05) is 24.7 Å². The second kappa shape index (κ2) is 5.73. The molecule has 0 amide bonds. The normalized spacial score (nSPS) is 23.8. The Balaban J connectivity index is 2.25. The van der Waals surface area contributed by atoms with Gasteiger partial charge in [-0.15, -0.1) is 0 Å². The number of rotatable bonds is 2. The smallest absolute Gasteiger partial charge is 0.101 e. The number of piperidine rings is 1.